The lowest BCUT2D eigenvalue weighted by Crippen LogP contribution is -2.13. The van der Waals surface area contributed by atoms with Crippen molar-refractivity contribution in [1.29, 1.82) is 0 Å². The minimum absolute atomic E-state index is 0.112. The molecule has 13 aromatic rings. The van der Waals surface area contributed by atoms with Crippen LogP contribution in [0.2, 0.25) is 0 Å². The molecule has 0 bridgehead atoms. The van der Waals surface area contributed by atoms with Crippen LogP contribution in [0, 0.1) is 6.57 Å². The second-order valence-electron chi connectivity index (χ2n) is 30.3. The van der Waals surface area contributed by atoms with E-state index in [0.717, 1.165) is 88.4 Å². The Morgan fingerprint density at radius 2 is 0.619 bits per heavy atom. The second-order valence-corrected chi connectivity index (χ2v) is 30.3. The first-order chi connectivity index (χ1) is 39.4. The average molecular weight is 1100 g/mol. The number of furan rings is 1. The lowest BCUT2D eigenvalue weighted by molar-refractivity contribution is 0.590. The van der Waals surface area contributed by atoms with Gasteiger partial charge in [0.25, 0.3) is 5.69 Å². The molecule has 0 saturated carbocycles. The highest BCUT2D eigenvalue weighted by Crippen LogP contribution is 2.54. The van der Waals surface area contributed by atoms with E-state index in [0.29, 0.717) is 11.3 Å². The smallest absolute Gasteiger partial charge is 0.255 e. The van der Waals surface area contributed by atoms with Crippen molar-refractivity contribution in [2.75, 3.05) is 0 Å². The van der Waals surface area contributed by atoms with Gasteiger partial charge in [0.1, 0.15) is 11.2 Å². The third-order valence-corrected chi connectivity index (χ3v) is 18.2. The monoisotopic (exact) mass is 1100 g/mol. The van der Waals surface area contributed by atoms with Gasteiger partial charge in [0.2, 0.25) is 0 Å². The molecule has 0 saturated heterocycles. The molecular formula is C79H80N4O. The van der Waals surface area contributed by atoms with E-state index in [2.05, 4.69) is 296 Å². The Bertz CT molecular complexity index is 4720. The average Bonchev–Trinajstić information content (AvgIpc) is 1.55. The fraction of sp³-hybridized carbons (Fsp3) is 0.304. The predicted molar refractivity (Wildman–Crippen MR) is 361 cm³/mol. The van der Waals surface area contributed by atoms with Crippen molar-refractivity contribution in [2.45, 2.75) is 157 Å². The van der Waals surface area contributed by atoms with Gasteiger partial charge in [-0.1, -0.05) is 210 Å². The number of para-hydroxylation sites is 1. The summed E-state index contributed by atoms with van der Waals surface area (Å²) >= 11 is 0. The maximum atomic E-state index is 9.86. The van der Waals surface area contributed by atoms with Crippen LogP contribution in [-0.2, 0) is 32.5 Å². The molecule has 0 radical (unpaired) electrons. The van der Waals surface area contributed by atoms with Gasteiger partial charge in [-0.2, -0.15) is 0 Å². The number of hydrogen-bond acceptors (Lipinski definition) is 1. The van der Waals surface area contributed by atoms with Gasteiger partial charge in [0.05, 0.1) is 56.7 Å². The summed E-state index contributed by atoms with van der Waals surface area (Å²) in [6.45, 7) is 51.4. The molecule has 0 amide bonds. The highest BCUT2D eigenvalue weighted by atomic mass is 16.3. The topological polar surface area (TPSA) is 32.3 Å². The van der Waals surface area contributed by atoms with Crippen molar-refractivity contribution in [3.63, 3.8) is 0 Å². The van der Waals surface area contributed by atoms with Crippen molar-refractivity contribution < 1.29 is 4.42 Å². The molecule has 5 heteroatoms. The molecule has 9 aromatic carbocycles. The maximum absolute atomic E-state index is 9.86. The SMILES string of the molecule is [C-]#[N+]c1c(-n2c3ccc(C(C)(C)C)cc3c3cc(C(C)(C)C)ccc32)c(-n2c3ccc(C(C)(C)C)cc3c3cc(C(C)(C)C)ccc32)c(-n2c3ccc(C(C)(C)C)cc3c3cc(C(C)(C)C)ccc32)c2c1oc1c(-c3ccccc3)cccc12. The first-order valence-corrected chi connectivity index (χ1v) is 30.2. The summed E-state index contributed by atoms with van der Waals surface area (Å²) in [7, 11) is 0. The number of aromatic nitrogens is 3. The van der Waals surface area contributed by atoms with E-state index in [1.165, 1.54) is 54.9 Å². The van der Waals surface area contributed by atoms with Crippen LogP contribution in [0.5, 0.6) is 0 Å². The van der Waals surface area contributed by atoms with Crippen molar-refractivity contribution in [3.8, 4) is 28.2 Å². The molecule has 0 N–H and O–H groups in total. The zero-order valence-corrected chi connectivity index (χ0v) is 52.7. The van der Waals surface area contributed by atoms with Gasteiger partial charge >= 0.3 is 0 Å². The molecule has 0 aliphatic carbocycles. The van der Waals surface area contributed by atoms with Gasteiger partial charge in [-0.25, -0.2) is 4.85 Å². The molecule has 5 nitrogen and oxygen atoms in total. The molecule has 0 aliphatic heterocycles. The van der Waals surface area contributed by atoms with Gasteiger partial charge in [-0.15, -0.1) is 0 Å². The van der Waals surface area contributed by atoms with Crippen LogP contribution >= 0.6 is 0 Å². The molecule has 13 rings (SSSR count). The third-order valence-electron chi connectivity index (χ3n) is 18.2. The Kier molecular flexibility index (Phi) is 12.0. The summed E-state index contributed by atoms with van der Waals surface area (Å²) in [6, 6.07) is 59.8. The quantitative estimate of drug-likeness (QED) is 0.162. The maximum Gasteiger partial charge on any atom is 0.255 e. The van der Waals surface area contributed by atoms with E-state index in [1.54, 1.807) is 0 Å². The highest BCUT2D eigenvalue weighted by molar-refractivity contribution is 6.24. The lowest BCUT2D eigenvalue weighted by atomic mass is 9.85. The van der Waals surface area contributed by atoms with E-state index in [-0.39, 0.29) is 32.5 Å². The molecule has 0 aliphatic rings. The number of hydrogen-bond donors (Lipinski definition) is 0. The third kappa shape index (κ3) is 8.52. The van der Waals surface area contributed by atoms with Crippen LogP contribution in [0.4, 0.5) is 5.69 Å². The fourth-order valence-corrected chi connectivity index (χ4v) is 13.2. The Morgan fingerprint density at radius 1 is 0.310 bits per heavy atom. The highest BCUT2D eigenvalue weighted by Gasteiger charge is 2.35. The summed E-state index contributed by atoms with van der Waals surface area (Å²) in [6.07, 6.45) is 0. The van der Waals surface area contributed by atoms with Gasteiger partial charge in [-0.3, -0.25) is 0 Å². The summed E-state index contributed by atoms with van der Waals surface area (Å²) in [5.74, 6) is 0. The number of fused-ring (bicyclic) bond motifs is 12. The molecule has 422 valence electrons. The number of nitrogens with zero attached hydrogens (tertiary/aromatic N) is 4. The standard InChI is InChI=1S/C79H80N4O/c1-74(2,3)47-28-34-61-55(40-47)56-41-48(75(4,5)6)29-35-62(56)81(61)69-67-54-27-23-26-53(46-24-21-20-22-25-46)72(54)84-73(67)68(80-19)70(82-63-36-30-49(76(7,8)9)42-57(63)58-43-50(77(10,11)12)31-37-64(58)82)71(69)83-65-38-32-51(78(13,14)15)44-59(65)60-45-52(79(16,17)18)33-39-66(60)83/h20-45H,1-18H3. The summed E-state index contributed by atoms with van der Waals surface area (Å²) in [4.78, 5) is 4.84. The Balaban J connectivity index is 1.37. The summed E-state index contributed by atoms with van der Waals surface area (Å²) < 4.78 is 15.2. The molecule has 84 heavy (non-hydrogen) atoms. The van der Waals surface area contributed by atoms with Crippen LogP contribution in [0.3, 0.4) is 0 Å². The second kappa shape index (κ2) is 18.3. The zero-order chi connectivity index (χ0) is 59.7. The molecule has 0 atom stereocenters. The van der Waals surface area contributed by atoms with Gasteiger partial charge in [-0.05, 0) is 144 Å². The van der Waals surface area contributed by atoms with Gasteiger partial charge in [0, 0.05) is 48.7 Å². The number of benzene rings is 9. The van der Waals surface area contributed by atoms with Crippen molar-refractivity contribution >= 4 is 93.0 Å². The van der Waals surface area contributed by atoms with Crippen LogP contribution in [0.15, 0.2) is 162 Å². The van der Waals surface area contributed by atoms with Gasteiger partial charge < -0.3 is 18.1 Å². The molecule has 4 heterocycles. The van der Waals surface area contributed by atoms with Crippen LogP contribution < -0.4 is 0 Å². The van der Waals surface area contributed by atoms with E-state index in [1.807, 2.05) is 0 Å². The van der Waals surface area contributed by atoms with E-state index in [4.69, 9.17) is 9.26 Å². The summed E-state index contributed by atoms with van der Waals surface area (Å²) in [5, 5.41) is 8.86. The van der Waals surface area contributed by atoms with E-state index in [9.17, 15) is 6.57 Å². The van der Waals surface area contributed by atoms with E-state index >= 15 is 0 Å². The van der Waals surface area contributed by atoms with Crippen molar-refractivity contribution in [1.82, 2.24) is 13.7 Å². The molecular weight excluding hydrogens is 1020 g/mol. The first kappa shape index (κ1) is 54.9. The predicted octanol–water partition coefficient (Wildman–Crippen LogP) is 22.9. The Labute approximate surface area is 496 Å². The number of rotatable bonds is 4. The summed E-state index contributed by atoms with van der Waals surface area (Å²) in [5.41, 5.74) is 19.6. The largest absolute Gasteiger partial charge is 0.466 e. The minimum Gasteiger partial charge on any atom is -0.466 e. The minimum atomic E-state index is -0.121. The molecule has 0 unspecified atom stereocenters. The lowest BCUT2D eigenvalue weighted by Gasteiger charge is -2.25. The fourth-order valence-electron chi connectivity index (χ4n) is 13.2. The molecule has 4 aromatic heterocycles. The Morgan fingerprint density at radius 3 is 0.929 bits per heavy atom. The van der Waals surface area contributed by atoms with Gasteiger partial charge in [0.15, 0.2) is 0 Å². The molecule has 0 spiro atoms. The van der Waals surface area contributed by atoms with Crippen LogP contribution in [-0.4, -0.2) is 13.7 Å². The van der Waals surface area contributed by atoms with Crippen LogP contribution in [0.1, 0.15) is 158 Å². The van der Waals surface area contributed by atoms with Crippen molar-refractivity contribution in [3.05, 3.63) is 203 Å². The molecule has 0 fully saturated rings. The Hall–Kier alpha value is -8.33. The normalized spacial score (nSPS) is 13.3. The van der Waals surface area contributed by atoms with Crippen molar-refractivity contribution in [2.24, 2.45) is 0 Å². The van der Waals surface area contributed by atoms with E-state index < -0.39 is 0 Å². The first-order valence-electron chi connectivity index (χ1n) is 30.2. The van der Waals surface area contributed by atoms with Crippen LogP contribution in [0.25, 0.3) is 120 Å². The zero-order valence-electron chi connectivity index (χ0n) is 52.7.